The van der Waals surface area contributed by atoms with Gasteiger partial charge in [-0.05, 0) is 51.1 Å². The molecule has 3 N–H and O–H groups in total. The third-order valence-electron chi connectivity index (χ3n) is 3.49. The van der Waals surface area contributed by atoms with Gasteiger partial charge in [0.1, 0.15) is 5.75 Å². The molecule has 1 saturated carbocycles. The normalized spacial score (nSPS) is 14.5. The summed E-state index contributed by atoms with van der Waals surface area (Å²) in [4.78, 5) is 12.1. The predicted octanol–water partition coefficient (Wildman–Crippen LogP) is 1.07. The summed E-state index contributed by atoms with van der Waals surface area (Å²) >= 11 is 0. The van der Waals surface area contributed by atoms with Crippen LogP contribution >= 0.6 is 0 Å². The van der Waals surface area contributed by atoms with Crippen molar-refractivity contribution in [1.82, 2.24) is 10.0 Å². The Morgan fingerprint density at radius 1 is 1.35 bits per heavy atom. The van der Waals surface area contributed by atoms with Gasteiger partial charge in [0.25, 0.3) is 0 Å². The number of nitrogens with one attached hydrogen (secondary N) is 3. The number of methoxy groups -OCH3 is 1. The molecular formula is C15H23N3O4S. The molecule has 0 atom stereocenters. The average molecular weight is 341 g/mol. The van der Waals surface area contributed by atoms with Crippen LogP contribution in [-0.2, 0) is 14.8 Å². The summed E-state index contributed by atoms with van der Waals surface area (Å²) in [5, 5.41) is 5.69. The van der Waals surface area contributed by atoms with E-state index < -0.39 is 10.0 Å². The fourth-order valence-corrected chi connectivity index (χ4v) is 3.41. The Morgan fingerprint density at radius 3 is 2.70 bits per heavy atom. The Bertz CT molecular complexity index is 657. The summed E-state index contributed by atoms with van der Waals surface area (Å²) in [5.74, 6) is 0.251. The van der Waals surface area contributed by atoms with Gasteiger partial charge >= 0.3 is 0 Å². The minimum atomic E-state index is -3.57. The molecule has 1 aliphatic rings. The van der Waals surface area contributed by atoms with Crippen molar-refractivity contribution in [2.24, 2.45) is 0 Å². The molecule has 1 fully saturated rings. The zero-order valence-corrected chi connectivity index (χ0v) is 14.2. The van der Waals surface area contributed by atoms with E-state index >= 15 is 0 Å². The number of carbonyl (C=O) groups is 1. The maximum Gasteiger partial charge on any atom is 0.240 e. The van der Waals surface area contributed by atoms with Crippen LogP contribution in [0, 0.1) is 0 Å². The molecule has 0 spiro atoms. The van der Waals surface area contributed by atoms with Crippen LogP contribution in [0.1, 0.15) is 25.7 Å². The van der Waals surface area contributed by atoms with Gasteiger partial charge in [-0.3, -0.25) is 4.79 Å². The summed E-state index contributed by atoms with van der Waals surface area (Å²) in [6.07, 6.45) is 2.78. The van der Waals surface area contributed by atoms with Crippen LogP contribution in [0.4, 0.5) is 5.69 Å². The Kier molecular flexibility index (Phi) is 5.97. The molecule has 0 unspecified atom stereocenters. The zero-order chi connectivity index (χ0) is 16.9. The van der Waals surface area contributed by atoms with Gasteiger partial charge < -0.3 is 15.4 Å². The molecule has 1 aromatic carbocycles. The standard InChI is InChI=1S/C15H23N3O4S/c1-16-9-3-4-15(19)17-13-10-12(7-8-14(13)22-2)23(20,21)18-11-5-6-11/h7-8,10-11,16,18H,3-6,9H2,1-2H3,(H,17,19). The molecule has 1 amide bonds. The predicted molar refractivity (Wildman–Crippen MR) is 88.1 cm³/mol. The topological polar surface area (TPSA) is 96.5 Å². The number of hydrogen-bond donors (Lipinski definition) is 3. The Hall–Kier alpha value is -1.64. The van der Waals surface area contributed by atoms with Crippen molar-refractivity contribution in [2.45, 2.75) is 36.6 Å². The van der Waals surface area contributed by atoms with E-state index in [1.807, 2.05) is 7.05 Å². The SMILES string of the molecule is CNCCCC(=O)Nc1cc(S(=O)(=O)NC2CC2)ccc1OC. The van der Waals surface area contributed by atoms with Crippen molar-refractivity contribution in [3.63, 3.8) is 0 Å². The van der Waals surface area contributed by atoms with Gasteiger partial charge in [0.2, 0.25) is 15.9 Å². The molecular weight excluding hydrogens is 318 g/mol. The number of amides is 1. The van der Waals surface area contributed by atoms with Crippen molar-refractivity contribution >= 4 is 21.6 Å². The van der Waals surface area contributed by atoms with Gasteiger partial charge in [-0.15, -0.1) is 0 Å². The number of carbonyl (C=O) groups excluding carboxylic acids is 1. The van der Waals surface area contributed by atoms with E-state index in [0.29, 0.717) is 24.3 Å². The highest BCUT2D eigenvalue weighted by atomic mass is 32.2. The largest absolute Gasteiger partial charge is 0.495 e. The second-order valence-corrected chi connectivity index (χ2v) is 7.23. The molecule has 23 heavy (non-hydrogen) atoms. The number of hydrogen-bond acceptors (Lipinski definition) is 5. The number of anilines is 1. The van der Waals surface area contributed by atoms with E-state index in [1.54, 1.807) is 6.07 Å². The minimum Gasteiger partial charge on any atom is -0.495 e. The second-order valence-electron chi connectivity index (χ2n) is 5.51. The lowest BCUT2D eigenvalue weighted by molar-refractivity contribution is -0.116. The molecule has 1 aromatic rings. The van der Waals surface area contributed by atoms with Crippen molar-refractivity contribution in [1.29, 1.82) is 0 Å². The molecule has 7 nitrogen and oxygen atoms in total. The first kappa shape index (κ1) is 17.7. The fraction of sp³-hybridized carbons (Fsp3) is 0.533. The van der Waals surface area contributed by atoms with E-state index in [4.69, 9.17) is 4.74 Å². The van der Waals surface area contributed by atoms with Crippen molar-refractivity contribution in [2.75, 3.05) is 26.0 Å². The highest BCUT2D eigenvalue weighted by Gasteiger charge is 2.28. The van der Waals surface area contributed by atoms with Gasteiger partial charge in [-0.2, -0.15) is 0 Å². The molecule has 0 saturated heterocycles. The van der Waals surface area contributed by atoms with Gasteiger partial charge in [-0.1, -0.05) is 0 Å². The molecule has 0 radical (unpaired) electrons. The molecule has 0 heterocycles. The smallest absolute Gasteiger partial charge is 0.240 e. The summed E-state index contributed by atoms with van der Waals surface area (Å²) in [6.45, 7) is 0.740. The first-order chi connectivity index (χ1) is 11.0. The maximum absolute atomic E-state index is 12.3. The summed E-state index contributed by atoms with van der Waals surface area (Å²) in [6, 6.07) is 4.48. The lowest BCUT2D eigenvalue weighted by Crippen LogP contribution is -2.26. The number of rotatable bonds is 9. The Balaban J connectivity index is 2.13. The number of ether oxygens (including phenoxy) is 1. The first-order valence-corrected chi connectivity index (χ1v) is 9.09. The van der Waals surface area contributed by atoms with E-state index in [0.717, 1.165) is 19.4 Å². The molecule has 8 heteroatoms. The van der Waals surface area contributed by atoms with Crippen LogP contribution in [0.25, 0.3) is 0 Å². The second kappa shape index (κ2) is 7.76. The van der Waals surface area contributed by atoms with Crippen LogP contribution in [-0.4, -0.2) is 41.1 Å². The van der Waals surface area contributed by atoms with Crippen LogP contribution < -0.4 is 20.1 Å². The number of sulfonamides is 1. The first-order valence-electron chi connectivity index (χ1n) is 7.61. The Labute approximate surface area is 136 Å². The molecule has 0 aromatic heterocycles. The monoisotopic (exact) mass is 341 g/mol. The van der Waals surface area contributed by atoms with E-state index in [2.05, 4.69) is 15.4 Å². The van der Waals surface area contributed by atoms with Gasteiger partial charge in [0, 0.05) is 12.5 Å². The van der Waals surface area contributed by atoms with Gasteiger partial charge in [-0.25, -0.2) is 13.1 Å². The van der Waals surface area contributed by atoms with Crippen LogP contribution in [0.3, 0.4) is 0 Å². The van der Waals surface area contributed by atoms with Crippen LogP contribution in [0.2, 0.25) is 0 Å². The van der Waals surface area contributed by atoms with Gasteiger partial charge in [0.15, 0.2) is 0 Å². The zero-order valence-electron chi connectivity index (χ0n) is 13.4. The van der Waals surface area contributed by atoms with E-state index in [-0.39, 0.29) is 16.8 Å². The summed E-state index contributed by atoms with van der Waals surface area (Å²) in [7, 11) is -0.272. The Morgan fingerprint density at radius 2 is 2.09 bits per heavy atom. The molecule has 0 aliphatic heterocycles. The van der Waals surface area contributed by atoms with Gasteiger partial charge in [0.05, 0.1) is 17.7 Å². The molecule has 1 aliphatic carbocycles. The fourth-order valence-electron chi connectivity index (χ4n) is 2.08. The number of benzene rings is 1. The van der Waals surface area contributed by atoms with Crippen molar-refractivity contribution in [3.05, 3.63) is 18.2 Å². The third kappa shape index (κ3) is 5.19. The van der Waals surface area contributed by atoms with E-state index in [1.165, 1.54) is 19.2 Å². The minimum absolute atomic E-state index is 0.0293. The van der Waals surface area contributed by atoms with Crippen molar-refractivity contribution in [3.8, 4) is 5.75 Å². The molecule has 128 valence electrons. The summed E-state index contributed by atoms with van der Waals surface area (Å²) < 4.78 is 32.3. The lowest BCUT2D eigenvalue weighted by Gasteiger charge is -2.13. The third-order valence-corrected chi connectivity index (χ3v) is 5.00. The van der Waals surface area contributed by atoms with Crippen LogP contribution in [0.5, 0.6) is 5.75 Å². The quantitative estimate of drug-likeness (QED) is 0.584. The van der Waals surface area contributed by atoms with Crippen LogP contribution in [0.15, 0.2) is 23.1 Å². The lowest BCUT2D eigenvalue weighted by atomic mass is 10.2. The summed E-state index contributed by atoms with van der Waals surface area (Å²) in [5.41, 5.74) is 0.362. The van der Waals surface area contributed by atoms with E-state index in [9.17, 15) is 13.2 Å². The highest BCUT2D eigenvalue weighted by Crippen LogP contribution is 2.29. The maximum atomic E-state index is 12.3. The molecule has 2 rings (SSSR count). The van der Waals surface area contributed by atoms with Crippen molar-refractivity contribution < 1.29 is 17.9 Å². The molecule has 0 bridgehead atoms. The highest BCUT2D eigenvalue weighted by molar-refractivity contribution is 7.89. The average Bonchev–Trinajstić information content (AvgIpc) is 3.30.